The Hall–Kier alpha value is -1.17. The third kappa shape index (κ3) is 2.57. The van der Waals surface area contributed by atoms with E-state index in [1.807, 2.05) is 24.8 Å². The van der Waals surface area contributed by atoms with E-state index in [-0.39, 0.29) is 11.0 Å². The van der Waals surface area contributed by atoms with Crippen molar-refractivity contribution in [2.45, 2.75) is 26.0 Å². The fraction of sp³-hybridized carbons (Fsp3) is 0.636. The first kappa shape index (κ1) is 12.3. The average molecular weight is 255 g/mol. The minimum Gasteiger partial charge on any atom is -0.354 e. The van der Waals surface area contributed by atoms with Gasteiger partial charge in [-0.15, -0.1) is 0 Å². The maximum absolute atomic E-state index is 11.6. The smallest absolute Gasteiger partial charge is 0.156 e. The van der Waals surface area contributed by atoms with Crippen molar-refractivity contribution in [1.82, 2.24) is 9.97 Å². The van der Waals surface area contributed by atoms with Crippen LogP contribution in [-0.4, -0.2) is 42.5 Å². The first-order valence-corrected chi connectivity index (χ1v) is 7.39. The molecule has 6 heteroatoms. The second-order valence-electron chi connectivity index (χ2n) is 4.54. The SMILES string of the molecule is Cc1cc(N2CCS(=O)(=O)[C@H](C)C2)nc(C)n1. The van der Waals surface area contributed by atoms with Gasteiger partial charge >= 0.3 is 0 Å². The summed E-state index contributed by atoms with van der Waals surface area (Å²) in [6, 6.07) is 1.90. The summed E-state index contributed by atoms with van der Waals surface area (Å²) in [5.74, 6) is 1.76. The molecule has 1 aromatic heterocycles. The Morgan fingerprint density at radius 3 is 2.65 bits per heavy atom. The number of anilines is 1. The van der Waals surface area contributed by atoms with Gasteiger partial charge in [0, 0.05) is 24.8 Å². The molecule has 0 bridgehead atoms. The van der Waals surface area contributed by atoms with Crippen LogP contribution in [0.5, 0.6) is 0 Å². The third-order valence-corrected chi connectivity index (χ3v) is 5.14. The molecule has 0 aromatic carbocycles. The predicted octanol–water partition coefficient (Wildman–Crippen LogP) is 0.717. The first-order valence-electron chi connectivity index (χ1n) is 5.67. The van der Waals surface area contributed by atoms with Crippen LogP contribution in [0.1, 0.15) is 18.4 Å². The van der Waals surface area contributed by atoms with Crippen molar-refractivity contribution in [3.05, 3.63) is 17.6 Å². The Morgan fingerprint density at radius 1 is 1.35 bits per heavy atom. The van der Waals surface area contributed by atoms with Gasteiger partial charge in [0.15, 0.2) is 9.84 Å². The van der Waals surface area contributed by atoms with Crippen LogP contribution in [0.4, 0.5) is 5.82 Å². The van der Waals surface area contributed by atoms with Gasteiger partial charge in [0.05, 0.1) is 11.0 Å². The monoisotopic (exact) mass is 255 g/mol. The Labute approximate surface area is 102 Å². The molecular weight excluding hydrogens is 238 g/mol. The normalized spacial score (nSPS) is 23.7. The molecule has 94 valence electrons. The molecule has 0 saturated carbocycles. The van der Waals surface area contributed by atoms with Gasteiger partial charge in [-0.25, -0.2) is 18.4 Å². The minimum atomic E-state index is -2.91. The summed E-state index contributed by atoms with van der Waals surface area (Å²) in [4.78, 5) is 10.6. The van der Waals surface area contributed by atoms with Crippen molar-refractivity contribution in [2.24, 2.45) is 0 Å². The summed E-state index contributed by atoms with van der Waals surface area (Å²) >= 11 is 0. The standard InChI is InChI=1S/C11H17N3O2S/c1-8-6-11(13-10(3)12-8)14-4-5-17(15,16)9(2)7-14/h6,9H,4-5,7H2,1-3H3/t9-/m1/s1. The highest BCUT2D eigenvalue weighted by Gasteiger charge is 2.30. The maximum atomic E-state index is 11.6. The molecule has 0 amide bonds. The summed E-state index contributed by atoms with van der Waals surface area (Å²) in [5.41, 5.74) is 0.911. The van der Waals surface area contributed by atoms with E-state index in [2.05, 4.69) is 9.97 Å². The molecule has 2 heterocycles. The second kappa shape index (κ2) is 4.25. The highest BCUT2D eigenvalue weighted by molar-refractivity contribution is 7.92. The molecule has 1 aromatic rings. The van der Waals surface area contributed by atoms with E-state index in [1.54, 1.807) is 6.92 Å². The largest absolute Gasteiger partial charge is 0.354 e. The lowest BCUT2D eigenvalue weighted by molar-refractivity contribution is 0.568. The molecular formula is C11H17N3O2S. The Kier molecular flexibility index (Phi) is 3.07. The summed E-state index contributed by atoms with van der Waals surface area (Å²) in [7, 11) is -2.91. The zero-order valence-electron chi connectivity index (χ0n) is 10.3. The molecule has 0 unspecified atom stereocenters. The van der Waals surface area contributed by atoms with Gasteiger partial charge in [-0.05, 0) is 20.8 Å². The lowest BCUT2D eigenvalue weighted by Crippen LogP contribution is -2.46. The van der Waals surface area contributed by atoms with Gasteiger partial charge in [-0.1, -0.05) is 0 Å². The highest BCUT2D eigenvalue weighted by atomic mass is 32.2. The van der Waals surface area contributed by atoms with E-state index < -0.39 is 9.84 Å². The van der Waals surface area contributed by atoms with Crippen molar-refractivity contribution < 1.29 is 8.42 Å². The summed E-state index contributed by atoms with van der Waals surface area (Å²) in [6.07, 6.45) is 0. The molecule has 1 fully saturated rings. The van der Waals surface area contributed by atoms with Crippen LogP contribution < -0.4 is 4.90 Å². The molecule has 1 aliphatic heterocycles. The summed E-state index contributed by atoms with van der Waals surface area (Å²) in [6.45, 7) is 6.55. The van der Waals surface area contributed by atoms with Crippen molar-refractivity contribution in [1.29, 1.82) is 0 Å². The molecule has 17 heavy (non-hydrogen) atoms. The molecule has 5 nitrogen and oxygen atoms in total. The zero-order chi connectivity index (χ0) is 12.6. The van der Waals surface area contributed by atoms with Crippen LogP contribution in [0.15, 0.2) is 6.07 Å². The Bertz CT molecular complexity index is 507. The van der Waals surface area contributed by atoms with Gasteiger partial charge in [0.25, 0.3) is 0 Å². The molecule has 1 saturated heterocycles. The van der Waals surface area contributed by atoms with Gasteiger partial charge in [-0.2, -0.15) is 0 Å². The predicted molar refractivity (Wildman–Crippen MR) is 67.0 cm³/mol. The molecule has 2 rings (SSSR count). The first-order chi connectivity index (χ1) is 7.88. The molecule has 0 N–H and O–H groups in total. The van der Waals surface area contributed by atoms with Crippen molar-refractivity contribution in [2.75, 3.05) is 23.7 Å². The van der Waals surface area contributed by atoms with E-state index in [0.717, 1.165) is 17.3 Å². The topological polar surface area (TPSA) is 63.2 Å². The van der Waals surface area contributed by atoms with E-state index in [0.29, 0.717) is 13.1 Å². The van der Waals surface area contributed by atoms with Crippen molar-refractivity contribution >= 4 is 15.7 Å². The number of rotatable bonds is 1. The van der Waals surface area contributed by atoms with Gasteiger partial charge in [-0.3, -0.25) is 0 Å². The maximum Gasteiger partial charge on any atom is 0.156 e. The molecule has 0 spiro atoms. The van der Waals surface area contributed by atoms with E-state index in [1.165, 1.54) is 0 Å². The number of aromatic nitrogens is 2. The third-order valence-electron chi connectivity index (χ3n) is 3.01. The number of hydrogen-bond donors (Lipinski definition) is 0. The minimum absolute atomic E-state index is 0.205. The molecule has 0 aliphatic carbocycles. The Morgan fingerprint density at radius 2 is 2.06 bits per heavy atom. The quantitative estimate of drug-likeness (QED) is 0.740. The number of nitrogens with zero attached hydrogens (tertiary/aromatic N) is 3. The molecule has 1 atom stereocenters. The lowest BCUT2D eigenvalue weighted by atomic mass is 10.3. The van der Waals surface area contributed by atoms with Crippen molar-refractivity contribution in [3.8, 4) is 0 Å². The van der Waals surface area contributed by atoms with E-state index in [4.69, 9.17) is 0 Å². The van der Waals surface area contributed by atoms with Crippen molar-refractivity contribution in [3.63, 3.8) is 0 Å². The fourth-order valence-corrected chi connectivity index (χ4v) is 3.31. The Balaban J connectivity index is 2.25. The number of aryl methyl sites for hydroxylation is 2. The summed E-state index contributed by atoms with van der Waals surface area (Å²) in [5, 5.41) is -0.327. The van der Waals surface area contributed by atoms with Crippen LogP contribution >= 0.6 is 0 Å². The highest BCUT2D eigenvalue weighted by Crippen LogP contribution is 2.19. The van der Waals surface area contributed by atoms with Crippen LogP contribution in [-0.2, 0) is 9.84 Å². The van der Waals surface area contributed by atoms with Gasteiger partial charge in [0.2, 0.25) is 0 Å². The van der Waals surface area contributed by atoms with Crippen LogP contribution in [0, 0.1) is 13.8 Å². The number of sulfone groups is 1. The van der Waals surface area contributed by atoms with Crippen LogP contribution in [0.25, 0.3) is 0 Å². The van der Waals surface area contributed by atoms with Crippen LogP contribution in [0.2, 0.25) is 0 Å². The second-order valence-corrected chi connectivity index (χ2v) is 7.08. The lowest BCUT2D eigenvalue weighted by Gasteiger charge is -2.31. The van der Waals surface area contributed by atoms with Gasteiger partial charge < -0.3 is 4.90 Å². The average Bonchev–Trinajstić information content (AvgIpc) is 2.20. The molecule has 1 aliphatic rings. The molecule has 0 radical (unpaired) electrons. The fourth-order valence-electron chi connectivity index (χ4n) is 2.02. The zero-order valence-corrected chi connectivity index (χ0v) is 11.2. The van der Waals surface area contributed by atoms with Gasteiger partial charge in [0.1, 0.15) is 11.6 Å². The summed E-state index contributed by atoms with van der Waals surface area (Å²) < 4.78 is 23.3. The van der Waals surface area contributed by atoms with Crippen LogP contribution in [0.3, 0.4) is 0 Å². The van der Waals surface area contributed by atoms with E-state index >= 15 is 0 Å². The van der Waals surface area contributed by atoms with E-state index in [9.17, 15) is 8.42 Å². The number of hydrogen-bond acceptors (Lipinski definition) is 5.